The predicted molar refractivity (Wildman–Crippen MR) is 83.7 cm³/mol. The lowest BCUT2D eigenvalue weighted by Crippen LogP contribution is -2.37. The standard InChI is InChI=1S/C17H30N2O/c1-13(2)10-18-11-16-14(3)9-15(20-16)12-19-8-6-7-17(19,4)5/h9,13,18H,6-8,10-12H2,1-5H3. The van der Waals surface area contributed by atoms with Gasteiger partial charge in [-0.2, -0.15) is 0 Å². The molecule has 0 radical (unpaired) electrons. The second kappa shape index (κ2) is 6.31. The Bertz CT molecular complexity index is 434. The van der Waals surface area contributed by atoms with E-state index in [0.717, 1.165) is 31.2 Å². The number of nitrogens with zero attached hydrogens (tertiary/aromatic N) is 1. The van der Waals surface area contributed by atoms with E-state index in [2.05, 4.69) is 50.9 Å². The first-order chi connectivity index (χ1) is 9.38. The minimum Gasteiger partial charge on any atom is -0.463 e. The molecule has 20 heavy (non-hydrogen) atoms. The highest BCUT2D eigenvalue weighted by molar-refractivity contribution is 5.20. The first kappa shape index (κ1) is 15.6. The fourth-order valence-electron chi connectivity index (χ4n) is 2.96. The van der Waals surface area contributed by atoms with Crippen molar-refractivity contribution in [3.05, 3.63) is 23.2 Å². The summed E-state index contributed by atoms with van der Waals surface area (Å²) in [5, 5.41) is 3.46. The molecule has 1 aliphatic heterocycles. The number of aryl methyl sites for hydroxylation is 1. The number of hydrogen-bond donors (Lipinski definition) is 1. The number of furan rings is 1. The van der Waals surface area contributed by atoms with Crippen LogP contribution in [0.25, 0.3) is 0 Å². The summed E-state index contributed by atoms with van der Waals surface area (Å²) in [5.74, 6) is 2.88. The summed E-state index contributed by atoms with van der Waals surface area (Å²) in [5.41, 5.74) is 1.59. The van der Waals surface area contributed by atoms with Crippen LogP contribution in [0.5, 0.6) is 0 Å². The van der Waals surface area contributed by atoms with E-state index in [-0.39, 0.29) is 0 Å². The van der Waals surface area contributed by atoms with Crippen LogP contribution < -0.4 is 5.32 Å². The molecule has 0 bridgehead atoms. The first-order valence-electron chi connectivity index (χ1n) is 7.92. The van der Waals surface area contributed by atoms with Crippen molar-refractivity contribution in [1.82, 2.24) is 10.2 Å². The molecule has 0 aromatic carbocycles. The van der Waals surface area contributed by atoms with Crippen molar-refractivity contribution in [3.63, 3.8) is 0 Å². The Morgan fingerprint density at radius 3 is 2.75 bits per heavy atom. The molecule has 1 aromatic rings. The molecule has 0 unspecified atom stereocenters. The molecule has 0 amide bonds. The van der Waals surface area contributed by atoms with E-state index in [1.807, 2.05) is 0 Å². The zero-order valence-corrected chi connectivity index (χ0v) is 13.8. The minimum absolute atomic E-state index is 0.316. The summed E-state index contributed by atoms with van der Waals surface area (Å²) in [7, 11) is 0. The lowest BCUT2D eigenvalue weighted by atomic mass is 10.0. The molecular weight excluding hydrogens is 248 g/mol. The zero-order chi connectivity index (χ0) is 14.8. The summed E-state index contributed by atoms with van der Waals surface area (Å²) < 4.78 is 6.05. The third kappa shape index (κ3) is 3.86. The maximum absolute atomic E-state index is 6.05. The second-order valence-corrected chi connectivity index (χ2v) is 7.18. The molecule has 0 spiro atoms. The van der Waals surface area contributed by atoms with Crippen molar-refractivity contribution >= 4 is 0 Å². The molecule has 0 atom stereocenters. The Morgan fingerprint density at radius 1 is 1.40 bits per heavy atom. The SMILES string of the molecule is Cc1cc(CN2CCCC2(C)C)oc1CNCC(C)C. The van der Waals surface area contributed by atoms with E-state index in [9.17, 15) is 0 Å². The Balaban J connectivity index is 1.93. The van der Waals surface area contributed by atoms with Gasteiger partial charge in [-0.3, -0.25) is 4.90 Å². The molecule has 2 rings (SSSR count). The predicted octanol–water partition coefficient (Wildman–Crippen LogP) is 3.71. The molecule has 3 heteroatoms. The summed E-state index contributed by atoms with van der Waals surface area (Å²) in [6.07, 6.45) is 2.59. The lowest BCUT2D eigenvalue weighted by Gasteiger charge is -2.30. The average molecular weight is 278 g/mol. The minimum atomic E-state index is 0.316. The van der Waals surface area contributed by atoms with Gasteiger partial charge in [-0.15, -0.1) is 0 Å². The monoisotopic (exact) mass is 278 g/mol. The van der Waals surface area contributed by atoms with Gasteiger partial charge < -0.3 is 9.73 Å². The van der Waals surface area contributed by atoms with Gasteiger partial charge in [-0.05, 0) is 64.3 Å². The Labute approximate surface area is 123 Å². The van der Waals surface area contributed by atoms with E-state index in [1.165, 1.54) is 24.9 Å². The topological polar surface area (TPSA) is 28.4 Å². The maximum Gasteiger partial charge on any atom is 0.120 e. The van der Waals surface area contributed by atoms with E-state index < -0.39 is 0 Å². The summed E-state index contributed by atoms with van der Waals surface area (Å²) in [4.78, 5) is 2.54. The molecule has 114 valence electrons. The van der Waals surface area contributed by atoms with Crippen molar-refractivity contribution in [2.24, 2.45) is 5.92 Å². The first-order valence-corrected chi connectivity index (χ1v) is 7.92. The van der Waals surface area contributed by atoms with Crippen molar-refractivity contribution in [2.45, 2.75) is 66.1 Å². The number of rotatable bonds is 6. The van der Waals surface area contributed by atoms with Crippen LogP contribution in [0.15, 0.2) is 10.5 Å². The van der Waals surface area contributed by atoms with Gasteiger partial charge in [0.15, 0.2) is 0 Å². The number of hydrogen-bond acceptors (Lipinski definition) is 3. The molecule has 1 aromatic heterocycles. The van der Waals surface area contributed by atoms with Crippen LogP contribution in [0.1, 0.15) is 57.6 Å². The normalized spacial score (nSPS) is 19.1. The molecule has 1 fully saturated rings. The number of likely N-dealkylation sites (tertiary alicyclic amines) is 1. The van der Waals surface area contributed by atoms with Crippen LogP contribution in [-0.4, -0.2) is 23.5 Å². The highest BCUT2D eigenvalue weighted by atomic mass is 16.3. The molecule has 1 aliphatic rings. The molecule has 0 saturated carbocycles. The molecule has 2 heterocycles. The van der Waals surface area contributed by atoms with E-state index >= 15 is 0 Å². The van der Waals surface area contributed by atoms with Gasteiger partial charge in [0.1, 0.15) is 11.5 Å². The average Bonchev–Trinajstić information content (AvgIpc) is 2.83. The van der Waals surface area contributed by atoms with Gasteiger partial charge in [-0.25, -0.2) is 0 Å². The van der Waals surface area contributed by atoms with E-state index in [1.54, 1.807) is 0 Å². The van der Waals surface area contributed by atoms with Crippen LogP contribution in [0.4, 0.5) is 0 Å². The molecular formula is C17H30N2O. The number of nitrogens with one attached hydrogen (secondary N) is 1. The zero-order valence-electron chi connectivity index (χ0n) is 13.8. The van der Waals surface area contributed by atoms with Crippen LogP contribution in [-0.2, 0) is 13.1 Å². The largest absolute Gasteiger partial charge is 0.463 e. The van der Waals surface area contributed by atoms with Crippen molar-refractivity contribution in [3.8, 4) is 0 Å². The molecule has 1 saturated heterocycles. The van der Waals surface area contributed by atoms with Gasteiger partial charge in [0.05, 0.1) is 13.1 Å². The fraction of sp³-hybridized carbons (Fsp3) is 0.765. The Hall–Kier alpha value is -0.800. The molecule has 3 nitrogen and oxygen atoms in total. The van der Waals surface area contributed by atoms with Crippen LogP contribution in [0.2, 0.25) is 0 Å². The Kier molecular flexibility index (Phi) is 4.92. The third-order valence-electron chi connectivity index (χ3n) is 4.33. The summed E-state index contributed by atoms with van der Waals surface area (Å²) >= 11 is 0. The molecule has 1 N–H and O–H groups in total. The summed E-state index contributed by atoms with van der Waals surface area (Å²) in [6, 6.07) is 2.21. The van der Waals surface area contributed by atoms with E-state index in [0.29, 0.717) is 11.5 Å². The van der Waals surface area contributed by atoms with Crippen molar-refractivity contribution < 1.29 is 4.42 Å². The molecule has 0 aliphatic carbocycles. The van der Waals surface area contributed by atoms with E-state index in [4.69, 9.17) is 4.42 Å². The Morgan fingerprint density at radius 2 is 2.15 bits per heavy atom. The van der Waals surface area contributed by atoms with Gasteiger partial charge >= 0.3 is 0 Å². The van der Waals surface area contributed by atoms with Gasteiger partial charge in [0, 0.05) is 5.54 Å². The highest BCUT2D eigenvalue weighted by Gasteiger charge is 2.32. The maximum atomic E-state index is 6.05. The van der Waals surface area contributed by atoms with Crippen LogP contribution in [0, 0.1) is 12.8 Å². The lowest BCUT2D eigenvalue weighted by molar-refractivity contribution is 0.153. The van der Waals surface area contributed by atoms with Crippen LogP contribution in [0.3, 0.4) is 0 Å². The van der Waals surface area contributed by atoms with Crippen LogP contribution >= 0.6 is 0 Å². The van der Waals surface area contributed by atoms with Gasteiger partial charge in [0.25, 0.3) is 0 Å². The van der Waals surface area contributed by atoms with Crippen molar-refractivity contribution in [2.75, 3.05) is 13.1 Å². The summed E-state index contributed by atoms with van der Waals surface area (Å²) in [6.45, 7) is 15.3. The van der Waals surface area contributed by atoms with Crippen molar-refractivity contribution in [1.29, 1.82) is 0 Å². The fourth-order valence-corrected chi connectivity index (χ4v) is 2.96. The van der Waals surface area contributed by atoms with Gasteiger partial charge in [-0.1, -0.05) is 13.8 Å². The quantitative estimate of drug-likeness (QED) is 0.860. The highest BCUT2D eigenvalue weighted by Crippen LogP contribution is 2.30. The third-order valence-corrected chi connectivity index (χ3v) is 4.33. The second-order valence-electron chi connectivity index (χ2n) is 7.18. The van der Waals surface area contributed by atoms with Gasteiger partial charge in [0.2, 0.25) is 0 Å². The smallest absolute Gasteiger partial charge is 0.120 e.